The summed E-state index contributed by atoms with van der Waals surface area (Å²) in [6, 6.07) is 0. The predicted molar refractivity (Wildman–Crippen MR) is 115 cm³/mol. The summed E-state index contributed by atoms with van der Waals surface area (Å²) >= 11 is 14.2. The van der Waals surface area contributed by atoms with Crippen LogP contribution in [0.4, 0.5) is 4.39 Å². The molecule has 4 aliphatic carbocycles. The molecule has 2 N–H and O–H groups in total. The molecule has 0 amide bonds. The second-order valence-corrected chi connectivity index (χ2v) is 11.2. The number of carbonyl (C=O) groups excluding carboxylic acids is 3. The van der Waals surface area contributed by atoms with Crippen LogP contribution in [-0.4, -0.2) is 62.5 Å². The van der Waals surface area contributed by atoms with Gasteiger partial charge in [-0.3, -0.25) is 14.4 Å². The summed E-state index contributed by atoms with van der Waals surface area (Å²) in [5.41, 5.74) is -4.21. The fraction of sp³-hybridized carbons (Fsp3) is 0.696. The number of fused-ring (bicyclic) bond motifs is 5. The Morgan fingerprint density at radius 2 is 1.94 bits per heavy atom. The van der Waals surface area contributed by atoms with Crippen LogP contribution >= 0.6 is 23.2 Å². The number of carbonyl (C=O) groups is 3. The highest BCUT2D eigenvalue weighted by atomic mass is 35.5. The highest BCUT2D eigenvalue weighted by molar-refractivity contribution is 6.34. The second-order valence-electron chi connectivity index (χ2n) is 10.0. The Morgan fingerprint density at radius 1 is 1.28 bits per heavy atom. The number of alkyl halides is 3. The van der Waals surface area contributed by atoms with Gasteiger partial charge in [-0.2, -0.15) is 0 Å². The maximum atomic E-state index is 15.4. The van der Waals surface area contributed by atoms with E-state index in [1.807, 2.05) is 0 Å². The molecule has 0 saturated heterocycles. The molecule has 3 fully saturated rings. The fourth-order valence-electron chi connectivity index (χ4n) is 6.93. The molecule has 0 aromatic carbocycles. The lowest BCUT2D eigenvalue weighted by Gasteiger charge is -2.64. The van der Waals surface area contributed by atoms with Crippen molar-refractivity contribution in [2.75, 3.05) is 6.61 Å². The number of aliphatic hydroxyl groups excluding tert-OH is 1. The molecule has 0 spiro atoms. The zero-order chi connectivity index (χ0) is 23.9. The summed E-state index contributed by atoms with van der Waals surface area (Å²) in [4.78, 5) is 34.9. The van der Waals surface area contributed by atoms with Crippen molar-refractivity contribution < 1.29 is 33.7 Å². The van der Waals surface area contributed by atoms with Crippen LogP contribution in [0.2, 0.25) is 0 Å². The number of ether oxygens (including phenoxy) is 1. The van der Waals surface area contributed by atoms with E-state index in [4.69, 9.17) is 27.9 Å². The lowest BCUT2D eigenvalue weighted by molar-refractivity contribution is -0.179. The molecule has 6 nitrogen and oxygen atoms in total. The van der Waals surface area contributed by atoms with E-state index in [1.165, 1.54) is 12.2 Å². The maximum Gasteiger partial charge on any atom is 0.303 e. The highest BCUT2D eigenvalue weighted by Crippen LogP contribution is 2.71. The maximum absolute atomic E-state index is 15.4. The third-order valence-electron chi connectivity index (χ3n) is 8.64. The van der Waals surface area contributed by atoms with Gasteiger partial charge in [0.1, 0.15) is 6.17 Å². The summed E-state index contributed by atoms with van der Waals surface area (Å²) in [7, 11) is 0. The van der Waals surface area contributed by atoms with E-state index >= 15 is 4.39 Å². The second kappa shape index (κ2) is 7.36. The number of ketones is 2. The van der Waals surface area contributed by atoms with Crippen LogP contribution in [0.25, 0.3) is 0 Å². The molecule has 0 bridgehead atoms. The predicted octanol–water partition coefficient (Wildman–Crippen LogP) is 2.66. The summed E-state index contributed by atoms with van der Waals surface area (Å²) < 4.78 is 20.2. The minimum Gasteiger partial charge on any atom is -0.458 e. The molecular weight excluding hydrogens is 462 g/mol. The van der Waals surface area contributed by atoms with Crippen LogP contribution in [-0.2, 0) is 19.1 Å². The molecule has 0 aromatic rings. The van der Waals surface area contributed by atoms with Gasteiger partial charge >= 0.3 is 5.97 Å². The number of halogens is 3. The zero-order valence-electron chi connectivity index (χ0n) is 18.1. The zero-order valence-corrected chi connectivity index (χ0v) is 19.6. The van der Waals surface area contributed by atoms with Crippen LogP contribution in [0.1, 0.15) is 40.0 Å². The first-order valence-corrected chi connectivity index (χ1v) is 11.5. The minimum atomic E-state index is -2.22. The molecule has 3 saturated carbocycles. The average molecular weight is 489 g/mol. The van der Waals surface area contributed by atoms with Crippen molar-refractivity contribution in [2.45, 2.75) is 68.2 Å². The van der Waals surface area contributed by atoms with E-state index < -0.39 is 69.2 Å². The Bertz CT molecular complexity index is 951. The lowest BCUT2D eigenvalue weighted by atomic mass is 9.46. The van der Waals surface area contributed by atoms with Gasteiger partial charge in [0.05, 0.1) is 16.4 Å². The Kier molecular flexibility index (Phi) is 5.49. The highest BCUT2D eigenvalue weighted by Gasteiger charge is 2.76. The van der Waals surface area contributed by atoms with Crippen molar-refractivity contribution in [2.24, 2.45) is 22.7 Å². The molecule has 32 heavy (non-hydrogen) atoms. The lowest BCUT2D eigenvalue weighted by Crippen LogP contribution is -2.69. The summed E-state index contributed by atoms with van der Waals surface area (Å²) in [5.74, 6) is -2.94. The molecule has 0 heterocycles. The van der Waals surface area contributed by atoms with Crippen molar-refractivity contribution in [1.82, 2.24) is 0 Å². The Labute approximate surface area is 195 Å². The standard InChI is InChI=1S/C23H27Cl2FO6/c1-11(27)32-10-19(30)23(31)18(29)8-13-14-7-16(26)15-6-12(28)4-5-20(15,2)22(14,25)17(24)9-21(13,23)3/h4-6,13-14,16-18,29,31H,7-10H2,1-3H3/t13-,14-,16-,17-,18+,20-,21-,22-,23-/m0/s1. The van der Waals surface area contributed by atoms with E-state index in [1.54, 1.807) is 19.9 Å². The van der Waals surface area contributed by atoms with Crippen LogP contribution in [0, 0.1) is 22.7 Å². The number of hydrogen-bond donors (Lipinski definition) is 2. The van der Waals surface area contributed by atoms with Gasteiger partial charge in [0.2, 0.25) is 5.78 Å². The molecule has 176 valence electrons. The van der Waals surface area contributed by atoms with Crippen LogP contribution in [0.15, 0.2) is 23.8 Å². The molecule has 0 aliphatic heterocycles. The minimum absolute atomic E-state index is 0.0199. The van der Waals surface area contributed by atoms with E-state index in [9.17, 15) is 24.6 Å². The van der Waals surface area contributed by atoms with Crippen LogP contribution in [0.5, 0.6) is 0 Å². The van der Waals surface area contributed by atoms with Crippen LogP contribution in [0.3, 0.4) is 0 Å². The van der Waals surface area contributed by atoms with E-state index in [0.29, 0.717) is 0 Å². The molecule has 4 aliphatic rings. The van der Waals surface area contributed by atoms with E-state index in [0.717, 1.165) is 6.92 Å². The van der Waals surface area contributed by atoms with Gasteiger partial charge in [0.15, 0.2) is 18.0 Å². The van der Waals surface area contributed by atoms with E-state index in [-0.39, 0.29) is 30.6 Å². The molecule has 0 unspecified atom stereocenters. The number of esters is 1. The normalized spacial score (nSPS) is 49.6. The Morgan fingerprint density at radius 3 is 2.56 bits per heavy atom. The van der Waals surface area contributed by atoms with Gasteiger partial charge in [-0.25, -0.2) is 4.39 Å². The Balaban J connectivity index is 1.79. The largest absolute Gasteiger partial charge is 0.458 e. The number of Topliss-reactive ketones (excluding diaryl/α,β-unsaturated/α-hetero) is 1. The van der Waals surface area contributed by atoms with Gasteiger partial charge < -0.3 is 14.9 Å². The Hall–Kier alpha value is -1.28. The molecule has 9 atom stereocenters. The number of hydrogen-bond acceptors (Lipinski definition) is 6. The van der Waals surface area contributed by atoms with Crippen molar-refractivity contribution in [1.29, 1.82) is 0 Å². The average Bonchev–Trinajstić information content (AvgIpc) is 2.91. The number of rotatable bonds is 3. The summed E-state index contributed by atoms with van der Waals surface area (Å²) in [6.07, 6.45) is 1.39. The monoisotopic (exact) mass is 488 g/mol. The fourth-order valence-corrected chi connectivity index (χ4v) is 8.13. The third kappa shape index (κ3) is 2.80. The van der Waals surface area contributed by atoms with Gasteiger partial charge in [-0.05, 0) is 48.8 Å². The van der Waals surface area contributed by atoms with Crippen molar-refractivity contribution in [3.8, 4) is 0 Å². The number of allylic oxidation sites excluding steroid dienone is 4. The molecule has 0 aromatic heterocycles. The first-order valence-electron chi connectivity index (χ1n) is 10.7. The summed E-state index contributed by atoms with van der Waals surface area (Å²) in [6.45, 7) is 3.87. The molecular formula is C23H27Cl2FO6. The first-order chi connectivity index (χ1) is 14.7. The molecule has 4 rings (SSSR count). The van der Waals surface area contributed by atoms with Crippen LogP contribution < -0.4 is 0 Å². The van der Waals surface area contributed by atoms with Crippen molar-refractivity contribution >= 4 is 40.7 Å². The number of aliphatic hydroxyl groups is 2. The smallest absolute Gasteiger partial charge is 0.303 e. The van der Waals surface area contributed by atoms with Crippen molar-refractivity contribution in [3.63, 3.8) is 0 Å². The third-order valence-corrected chi connectivity index (χ3v) is 10.2. The topological polar surface area (TPSA) is 101 Å². The van der Waals surface area contributed by atoms with Gasteiger partial charge in [-0.15, -0.1) is 23.2 Å². The molecule has 9 heteroatoms. The van der Waals surface area contributed by atoms with Gasteiger partial charge in [0.25, 0.3) is 0 Å². The first kappa shape index (κ1) is 23.9. The summed E-state index contributed by atoms with van der Waals surface area (Å²) in [5, 5.41) is 21.6. The quantitative estimate of drug-likeness (QED) is 0.467. The SMILES string of the molecule is CC(=O)OCC(=O)[C@@]1(O)[C@H](O)C[C@H]2[C@@H]3C[C@H](F)C4=CC(=O)C=C[C@]4(C)[C@@]3(Cl)[C@@H](Cl)C[C@@]21C. The van der Waals surface area contributed by atoms with Gasteiger partial charge in [0, 0.05) is 17.8 Å². The molecule has 0 radical (unpaired) electrons. The van der Waals surface area contributed by atoms with Gasteiger partial charge in [-0.1, -0.05) is 19.9 Å². The van der Waals surface area contributed by atoms with Crippen molar-refractivity contribution in [3.05, 3.63) is 23.8 Å². The van der Waals surface area contributed by atoms with E-state index in [2.05, 4.69) is 0 Å².